The molecular weight excluding hydrogens is 309 g/mol. The minimum Gasteiger partial charge on any atom is -0.447 e. The molecule has 24 heavy (non-hydrogen) atoms. The predicted molar refractivity (Wildman–Crippen MR) is 89.7 cm³/mol. The van der Waals surface area contributed by atoms with Crippen molar-refractivity contribution in [2.45, 2.75) is 26.2 Å². The number of oxazole rings is 1. The minimum absolute atomic E-state index is 0.0755. The van der Waals surface area contributed by atoms with Crippen molar-refractivity contribution in [3.63, 3.8) is 0 Å². The molecule has 1 amide bonds. The summed E-state index contributed by atoms with van der Waals surface area (Å²) < 4.78 is 18.4. The Morgan fingerprint density at radius 1 is 1.17 bits per heavy atom. The first-order chi connectivity index (χ1) is 11.6. The largest absolute Gasteiger partial charge is 0.447 e. The lowest BCUT2D eigenvalue weighted by atomic mass is 10.1. The monoisotopic (exact) mass is 331 g/mol. The maximum absolute atomic E-state index is 13.1. The van der Waals surface area contributed by atoms with E-state index >= 15 is 0 Å². The van der Waals surface area contributed by atoms with E-state index in [1.165, 1.54) is 18.5 Å². The summed E-state index contributed by atoms with van der Waals surface area (Å²) in [6.45, 7) is 6.81. The minimum atomic E-state index is -0.238. The van der Waals surface area contributed by atoms with Crippen molar-refractivity contribution in [2.75, 3.05) is 31.1 Å². The highest BCUT2D eigenvalue weighted by Gasteiger charge is 2.26. The standard InChI is InChI=1S/C18H22FN3O2/c1-13(2)17-16(20-12-24-17)18(23)22-9-3-8-21(10-11-22)15-6-4-14(19)5-7-15/h4-7,12-13H,3,8-11H2,1-2H3. The number of hydrogen-bond acceptors (Lipinski definition) is 4. The van der Waals surface area contributed by atoms with Gasteiger partial charge in [0.25, 0.3) is 5.91 Å². The van der Waals surface area contributed by atoms with E-state index in [0.29, 0.717) is 31.1 Å². The second-order valence-electron chi connectivity index (χ2n) is 6.33. The third-order valence-corrected chi connectivity index (χ3v) is 4.30. The van der Waals surface area contributed by atoms with Gasteiger partial charge in [0.1, 0.15) is 11.6 Å². The Balaban J connectivity index is 1.70. The van der Waals surface area contributed by atoms with Gasteiger partial charge in [0.2, 0.25) is 0 Å². The van der Waals surface area contributed by atoms with E-state index in [-0.39, 0.29) is 17.6 Å². The summed E-state index contributed by atoms with van der Waals surface area (Å²) in [5.41, 5.74) is 1.40. The van der Waals surface area contributed by atoms with Gasteiger partial charge in [0, 0.05) is 37.8 Å². The number of halogens is 1. The van der Waals surface area contributed by atoms with Crippen molar-refractivity contribution in [3.05, 3.63) is 47.9 Å². The summed E-state index contributed by atoms with van der Waals surface area (Å²) in [7, 11) is 0. The molecule has 1 aromatic heterocycles. The van der Waals surface area contributed by atoms with Crippen LogP contribution in [0.5, 0.6) is 0 Å². The molecule has 0 radical (unpaired) electrons. The van der Waals surface area contributed by atoms with Gasteiger partial charge in [-0.3, -0.25) is 4.79 Å². The van der Waals surface area contributed by atoms with E-state index in [2.05, 4.69) is 9.88 Å². The van der Waals surface area contributed by atoms with Gasteiger partial charge in [-0.25, -0.2) is 9.37 Å². The molecule has 2 aromatic rings. The molecule has 128 valence electrons. The summed E-state index contributed by atoms with van der Waals surface area (Å²) in [6.07, 6.45) is 2.20. The average molecular weight is 331 g/mol. The Labute approximate surface area is 141 Å². The normalized spacial score (nSPS) is 15.7. The van der Waals surface area contributed by atoms with Crippen LogP contribution < -0.4 is 4.90 Å². The molecule has 1 aromatic carbocycles. The van der Waals surface area contributed by atoms with Crippen molar-refractivity contribution >= 4 is 11.6 Å². The Kier molecular flexibility index (Phi) is 4.83. The maximum atomic E-state index is 13.1. The Morgan fingerprint density at radius 3 is 2.62 bits per heavy atom. The number of aromatic nitrogens is 1. The number of amides is 1. The van der Waals surface area contributed by atoms with Crippen LogP contribution in [0, 0.1) is 5.82 Å². The molecule has 0 unspecified atom stereocenters. The van der Waals surface area contributed by atoms with Crippen molar-refractivity contribution in [1.82, 2.24) is 9.88 Å². The van der Waals surface area contributed by atoms with E-state index < -0.39 is 0 Å². The van der Waals surface area contributed by atoms with Crippen molar-refractivity contribution in [3.8, 4) is 0 Å². The summed E-state index contributed by atoms with van der Waals surface area (Å²) in [6, 6.07) is 6.49. The third kappa shape index (κ3) is 3.42. The Hall–Kier alpha value is -2.37. The SMILES string of the molecule is CC(C)c1ocnc1C(=O)N1CCCN(c2ccc(F)cc2)CC1. The highest BCUT2D eigenvalue weighted by Crippen LogP contribution is 2.21. The first-order valence-electron chi connectivity index (χ1n) is 8.29. The van der Waals surface area contributed by atoms with Crippen LogP contribution in [-0.2, 0) is 0 Å². The molecule has 0 aliphatic carbocycles. The van der Waals surface area contributed by atoms with Gasteiger partial charge < -0.3 is 14.2 Å². The van der Waals surface area contributed by atoms with Crippen molar-refractivity contribution in [1.29, 1.82) is 0 Å². The third-order valence-electron chi connectivity index (χ3n) is 4.30. The molecule has 1 saturated heterocycles. The highest BCUT2D eigenvalue weighted by atomic mass is 19.1. The molecule has 0 atom stereocenters. The molecule has 1 aliphatic heterocycles. The lowest BCUT2D eigenvalue weighted by molar-refractivity contribution is 0.0759. The molecule has 1 fully saturated rings. The molecule has 5 nitrogen and oxygen atoms in total. The first-order valence-corrected chi connectivity index (χ1v) is 8.29. The zero-order valence-electron chi connectivity index (χ0n) is 14.0. The van der Waals surface area contributed by atoms with Gasteiger partial charge in [0.15, 0.2) is 12.1 Å². The van der Waals surface area contributed by atoms with E-state index in [9.17, 15) is 9.18 Å². The van der Waals surface area contributed by atoms with Crippen molar-refractivity contribution in [2.24, 2.45) is 0 Å². The summed E-state index contributed by atoms with van der Waals surface area (Å²) >= 11 is 0. The number of benzene rings is 1. The van der Waals surface area contributed by atoms with E-state index in [0.717, 1.165) is 18.7 Å². The van der Waals surface area contributed by atoms with E-state index in [1.807, 2.05) is 18.7 Å². The van der Waals surface area contributed by atoms with Crippen LogP contribution in [0.25, 0.3) is 0 Å². The molecule has 3 rings (SSSR count). The highest BCUT2D eigenvalue weighted by molar-refractivity contribution is 5.93. The lowest BCUT2D eigenvalue weighted by Gasteiger charge is -2.23. The molecule has 1 aliphatic rings. The fourth-order valence-electron chi connectivity index (χ4n) is 3.01. The number of anilines is 1. The fourth-order valence-corrected chi connectivity index (χ4v) is 3.01. The second kappa shape index (κ2) is 7.03. The van der Waals surface area contributed by atoms with Crippen LogP contribution >= 0.6 is 0 Å². The summed E-state index contributed by atoms with van der Waals surface area (Å²) in [4.78, 5) is 20.9. The molecule has 0 N–H and O–H groups in total. The number of carbonyl (C=O) groups excluding carboxylic acids is 1. The average Bonchev–Trinajstić information content (AvgIpc) is 2.94. The summed E-state index contributed by atoms with van der Waals surface area (Å²) in [5, 5.41) is 0. The van der Waals surface area contributed by atoms with Gasteiger partial charge >= 0.3 is 0 Å². The molecule has 0 spiro atoms. The topological polar surface area (TPSA) is 49.6 Å². The Bertz CT molecular complexity index is 697. The smallest absolute Gasteiger partial charge is 0.276 e. The second-order valence-corrected chi connectivity index (χ2v) is 6.33. The van der Waals surface area contributed by atoms with Crippen molar-refractivity contribution < 1.29 is 13.6 Å². The van der Waals surface area contributed by atoms with Gasteiger partial charge in [-0.15, -0.1) is 0 Å². The number of carbonyl (C=O) groups is 1. The van der Waals surface area contributed by atoms with Gasteiger partial charge in [-0.05, 0) is 30.7 Å². The fraction of sp³-hybridized carbons (Fsp3) is 0.444. The summed E-state index contributed by atoms with van der Waals surface area (Å²) in [5.74, 6) is 0.444. The predicted octanol–water partition coefficient (Wildman–Crippen LogP) is 3.29. The van der Waals surface area contributed by atoms with Gasteiger partial charge in [-0.2, -0.15) is 0 Å². The van der Waals surface area contributed by atoms with Crippen LogP contribution in [0.1, 0.15) is 42.4 Å². The number of rotatable bonds is 3. The lowest BCUT2D eigenvalue weighted by Crippen LogP contribution is -2.35. The molecule has 0 saturated carbocycles. The molecule has 2 heterocycles. The van der Waals surface area contributed by atoms with E-state index in [4.69, 9.17) is 4.42 Å². The number of nitrogens with zero attached hydrogens (tertiary/aromatic N) is 3. The van der Waals surface area contributed by atoms with Crippen LogP contribution in [0.15, 0.2) is 35.1 Å². The first kappa shape index (κ1) is 16.5. The molecular formula is C18H22FN3O2. The molecule has 0 bridgehead atoms. The molecule has 6 heteroatoms. The van der Waals surface area contributed by atoms with Crippen LogP contribution in [0.4, 0.5) is 10.1 Å². The quantitative estimate of drug-likeness (QED) is 0.866. The van der Waals surface area contributed by atoms with E-state index in [1.54, 1.807) is 12.1 Å². The van der Waals surface area contributed by atoms with Crippen LogP contribution in [0.2, 0.25) is 0 Å². The van der Waals surface area contributed by atoms with Crippen LogP contribution in [-0.4, -0.2) is 42.0 Å². The van der Waals surface area contributed by atoms with Crippen LogP contribution in [0.3, 0.4) is 0 Å². The maximum Gasteiger partial charge on any atom is 0.276 e. The van der Waals surface area contributed by atoms with Gasteiger partial charge in [0.05, 0.1) is 0 Å². The zero-order chi connectivity index (χ0) is 17.1. The van der Waals surface area contributed by atoms with Gasteiger partial charge in [-0.1, -0.05) is 13.8 Å². The number of hydrogen-bond donors (Lipinski definition) is 0. The Morgan fingerprint density at radius 2 is 1.92 bits per heavy atom. The zero-order valence-corrected chi connectivity index (χ0v) is 14.0.